The predicted molar refractivity (Wildman–Crippen MR) is 105 cm³/mol. The number of urea groups is 1. The molecule has 0 spiro atoms. The van der Waals surface area contributed by atoms with Crippen LogP contribution in [0.4, 0.5) is 10.5 Å². The molecule has 1 atom stereocenters. The Balaban J connectivity index is 1.76. The fraction of sp³-hybridized carbons (Fsp3) is 0.550. The number of likely N-dealkylation sites (N-methyl/N-ethyl adjacent to an activating group) is 1. The maximum atomic E-state index is 12.3. The van der Waals surface area contributed by atoms with Crippen molar-refractivity contribution in [3.63, 3.8) is 0 Å². The average Bonchev–Trinajstić information content (AvgIpc) is 2.63. The second kappa shape index (κ2) is 10.1. The summed E-state index contributed by atoms with van der Waals surface area (Å²) in [6.45, 7) is 3.69. The molecule has 0 bridgehead atoms. The number of carbonyl (C=O) groups excluding carboxylic acids is 3. The molecule has 0 saturated heterocycles. The molecule has 1 aromatic carbocycles. The molecule has 2 rings (SSSR count). The summed E-state index contributed by atoms with van der Waals surface area (Å²) in [5.41, 5.74) is 1.82. The topological polar surface area (TPSA) is 90.5 Å². The molecule has 148 valence electrons. The highest BCUT2D eigenvalue weighted by Gasteiger charge is 2.23. The zero-order valence-electron chi connectivity index (χ0n) is 16.4. The minimum absolute atomic E-state index is 0.0483. The molecule has 1 saturated carbocycles. The molecule has 7 heteroatoms. The highest BCUT2D eigenvalue weighted by Crippen LogP contribution is 2.17. The molecule has 4 amide bonds. The first-order chi connectivity index (χ1) is 12.8. The Morgan fingerprint density at radius 3 is 2.37 bits per heavy atom. The largest absolute Gasteiger partial charge is 0.335 e. The van der Waals surface area contributed by atoms with Gasteiger partial charge in [-0.1, -0.05) is 37.0 Å². The van der Waals surface area contributed by atoms with Gasteiger partial charge in [0.2, 0.25) is 11.8 Å². The van der Waals surface area contributed by atoms with Crippen molar-refractivity contribution in [2.45, 2.75) is 58.0 Å². The van der Waals surface area contributed by atoms with Gasteiger partial charge in [0.05, 0.1) is 12.6 Å². The van der Waals surface area contributed by atoms with Crippen LogP contribution >= 0.6 is 0 Å². The zero-order valence-corrected chi connectivity index (χ0v) is 16.4. The monoisotopic (exact) mass is 374 g/mol. The lowest BCUT2D eigenvalue weighted by Gasteiger charge is -2.25. The van der Waals surface area contributed by atoms with Crippen LogP contribution in [0.3, 0.4) is 0 Å². The molecular weight excluding hydrogens is 344 g/mol. The first kappa shape index (κ1) is 20.9. The molecule has 0 heterocycles. The number of amides is 4. The Hall–Kier alpha value is -2.41. The van der Waals surface area contributed by atoms with Crippen LogP contribution < -0.4 is 16.0 Å². The summed E-state index contributed by atoms with van der Waals surface area (Å²) >= 11 is 0. The molecular formula is C20H30N4O3. The summed E-state index contributed by atoms with van der Waals surface area (Å²) in [5, 5.41) is 8.02. The highest BCUT2D eigenvalue weighted by molar-refractivity contribution is 5.97. The minimum atomic E-state index is -0.606. The number of benzene rings is 1. The summed E-state index contributed by atoms with van der Waals surface area (Å²) in [4.78, 5) is 38.0. The molecule has 1 aromatic rings. The van der Waals surface area contributed by atoms with Gasteiger partial charge < -0.3 is 10.6 Å². The number of nitrogens with zero attached hydrogens (tertiary/aromatic N) is 1. The van der Waals surface area contributed by atoms with E-state index in [4.69, 9.17) is 0 Å². The number of imide groups is 1. The number of hydrogen-bond acceptors (Lipinski definition) is 4. The van der Waals surface area contributed by atoms with Crippen molar-refractivity contribution < 1.29 is 14.4 Å². The Morgan fingerprint density at radius 1 is 1.11 bits per heavy atom. The number of hydrogen-bond donors (Lipinski definition) is 3. The Bertz CT molecular complexity index is 654. The van der Waals surface area contributed by atoms with E-state index in [2.05, 4.69) is 16.0 Å². The molecule has 0 unspecified atom stereocenters. The van der Waals surface area contributed by atoms with Crippen molar-refractivity contribution in [2.75, 3.05) is 18.9 Å². The third-order valence-corrected chi connectivity index (χ3v) is 4.95. The van der Waals surface area contributed by atoms with Crippen LogP contribution in [0.2, 0.25) is 0 Å². The molecule has 0 aromatic heterocycles. The van der Waals surface area contributed by atoms with Gasteiger partial charge in [-0.3, -0.25) is 19.8 Å². The van der Waals surface area contributed by atoms with Crippen LogP contribution in [-0.2, 0) is 9.59 Å². The van der Waals surface area contributed by atoms with E-state index < -0.39 is 18.0 Å². The predicted octanol–water partition coefficient (Wildman–Crippen LogP) is 2.41. The lowest BCUT2D eigenvalue weighted by molar-refractivity contribution is -0.125. The van der Waals surface area contributed by atoms with Crippen molar-refractivity contribution in [3.8, 4) is 0 Å². The molecule has 1 aliphatic rings. The third-order valence-electron chi connectivity index (χ3n) is 4.95. The molecule has 0 radical (unpaired) electrons. The molecule has 27 heavy (non-hydrogen) atoms. The molecule has 7 nitrogen and oxygen atoms in total. The first-order valence-electron chi connectivity index (χ1n) is 9.53. The molecule has 0 aliphatic heterocycles. The minimum Gasteiger partial charge on any atom is -0.335 e. The lowest BCUT2D eigenvalue weighted by Crippen LogP contribution is -2.51. The van der Waals surface area contributed by atoms with Gasteiger partial charge in [0, 0.05) is 11.7 Å². The van der Waals surface area contributed by atoms with Gasteiger partial charge in [-0.05, 0) is 45.9 Å². The van der Waals surface area contributed by atoms with E-state index in [-0.39, 0.29) is 18.5 Å². The summed E-state index contributed by atoms with van der Waals surface area (Å²) in [7, 11) is 1.68. The summed E-state index contributed by atoms with van der Waals surface area (Å²) < 4.78 is 0. The van der Waals surface area contributed by atoms with Crippen molar-refractivity contribution in [1.29, 1.82) is 0 Å². The maximum Gasteiger partial charge on any atom is 0.321 e. The number of carbonyl (C=O) groups is 3. The molecule has 1 aliphatic carbocycles. The average molecular weight is 374 g/mol. The number of aryl methyl sites for hydroxylation is 1. The van der Waals surface area contributed by atoms with Crippen molar-refractivity contribution in [3.05, 3.63) is 29.8 Å². The smallest absolute Gasteiger partial charge is 0.321 e. The molecule has 3 N–H and O–H groups in total. The van der Waals surface area contributed by atoms with E-state index in [0.29, 0.717) is 5.69 Å². The standard InChI is InChI=1S/C20H30N4O3/c1-14-9-11-17(12-10-14)21-18(25)13-24(3)15(2)19(26)23-20(27)22-16-7-5-4-6-8-16/h9-12,15-16H,4-8,13H2,1-3H3,(H,21,25)(H2,22,23,26,27)/t15-/m0/s1. The number of nitrogens with one attached hydrogen (secondary N) is 3. The van der Waals surface area contributed by atoms with Gasteiger partial charge >= 0.3 is 6.03 Å². The third kappa shape index (κ3) is 7.02. The molecule has 1 fully saturated rings. The summed E-state index contributed by atoms with van der Waals surface area (Å²) in [5.74, 6) is -0.637. The van der Waals surface area contributed by atoms with Crippen LogP contribution in [0.5, 0.6) is 0 Å². The Labute approximate surface area is 160 Å². The van der Waals surface area contributed by atoms with Crippen LogP contribution in [0.15, 0.2) is 24.3 Å². The second-order valence-corrected chi connectivity index (χ2v) is 7.30. The van der Waals surface area contributed by atoms with Gasteiger partial charge in [-0.2, -0.15) is 0 Å². The fourth-order valence-corrected chi connectivity index (χ4v) is 3.09. The van der Waals surface area contributed by atoms with Crippen LogP contribution in [0.1, 0.15) is 44.6 Å². The number of rotatable bonds is 6. The SMILES string of the molecule is Cc1ccc(NC(=O)CN(C)[C@@H](C)C(=O)NC(=O)NC2CCCCC2)cc1. The van der Waals surface area contributed by atoms with Crippen LogP contribution in [0.25, 0.3) is 0 Å². The quantitative estimate of drug-likeness (QED) is 0.713. The Kier molecular flexibility index (Phi) is 7.79. The van der Waals surface area contributed by atoms with E-state index in [0.717, 1.165) is 31.2 Å². The van der Waals surface area contributed by atoms with E-state index in [1.807, 2.05) is 31.2 Å². The van der Waals surface area contributed by atoms with Crippen molar-refractivity contribution in [2.24, 2.45) is 0 Å². The van der Waals surface area contributed by atoms with Crippen LogP contribution in [-0.4, -0.2) is 48.4 Å². The van der Waals surface area contributed by atoms with Gasteiger partial charge in [0.25, 0.3) is 0 Å². The lowest BCUT2D eigenvalue weighted by atomic mass is 9.96. The van der Waals surface area contributed by atoms with Gasteiger partial charge in [0.1, 0.15) is 0 Å². The van der Waals surface area contributed by atoms with E-state index in [9.17, 15) is 14.4 Å². The summed E-state index contributed by atoms with van der Waals surface area (Å²) in [6, 6.07) is 6.57. The van der Waals surface area contributed by atoms with E-state index in [1.54, 1.807) is 18.9 Å². The zero-order chi connectivity index (χ0) is 19.8. The van der Waals surface area contributed by atoms with Gasteiger partial charge in [0.15, 0.2) is 0 Å². The van der Waals surface area contributed by atoms with Crippen molar-refractivity contribution >= 4 is 23.5 Å². The van der Waals surface area contributed by atoms with Crippen molar-refractivity contribution in [1.82, 2.24) is 15.5 Å². The normalized spacial score (nSPS) is 15.9. The number of anilines is 1. The fourth-order valence-electron chi connectivity index (χ4n) is 3.09. The van der Waals surface area contributed by atoms with E-state index in [1.165, 1.54) is 6.42 Å². The highest BCUT2D eigenvalue weighted by atomic mass is 16.2. The first-order valence-corrected chi connectivity index (χ1v) is 9.53. The van der Waals surface area contributed by atoms with Gasteiger partial charge in [-0.25, -0.2) is 4.79 Å². The summed E-state index contributed by atoms with van der Waals surface area (Å²) in [6.07, 6.45) is 5.32. The Morgan fingerprint density at radius 2 is 1.74 bits per heavy atom. The van der Waals surface area contributed by atoms with E-state index >= 15 is 0 Å². The van der Waals surface area contributed by atoms with Crippen LogP contribution in [0, 0.1) is 6.92 Å². The maximum absolute atomic E-state index is 12.3. The second-order valence-electron chi connectivity index (χ2n) is 7.30. The van der Waals surface area contributed by atoms with Gasteiger partial charge in [-0.15, -0.1) is 0 Å².